The minimum atomic E-state index is -5.10. The predicted octanol–water partition coefficient (Wildman–Crippen LogP) is -9.04. The van der Waals surface area contributed by atoms with Crippen molar-refractivity contribution in [3.63, 3.8) is 0 Å². The Morgan fingerprint density at radius 2 is 1.15 bits per heavy atom. The average molecular weight is 262 g/mol. The minimum absolute atomic E-state index is 0. The van der Waals surface area contributed by atoms with Gasteiger partial charge in [-0.25, -0.2) is 0 Å². The van der Waals surface area contributed by atoms with Gasteiger partial charge in [0.05, 0.1) is 0 Å². The molecule has 13 heavy (non-hydrogen) atoms. The van der Waals surface area contributed by atoms with E-state index < -0.39 is 22.7 Å². The first kappa shape index (κ1) is 20.2. The van der Waals surface area contributed by atoms with E-state index in [0.29, 0.717) is 0 Å². The molecule has 0 aliphatic rings. The van der Waals surface area contributed by atoms with E-state index in [-0.39, 0.29) is 103 Å². The summed E-state index contributed by atoms with van der Waals surface area (Å²) in [5, 5.41) is 18.8. The predicted molar refractivity (Wildman–Crippen MR) is 21.9 cm³/mol. The van der Waals surface area contributed by atoms with Crippen molar-refractivity contribution in [2.75, 3.05) is 0 Å². The summed E-state index contributed by atoms with van der Waals surface area (Å²) in [6.45, 7) is 0. The van der Waals surface area contributed by atoms with E-state index in [1.165, 1.54) is 0 Å². The molecule has 0 radical (unpaired) electrons. The molecule has 0 heterocycles. The van der Waals surface area contributed by atoms with Crippen molar-refractivity contribution in [1.82, 2.24) is 0 Å². The molecule has 0 aromatic rings. The van der Waals surface area contributed by atoms with Gasteiger partial charge >= 0.3 is 113 Å². The van der Waals surface area contributed by atoms with Gasteiger partial charge in [-0.3, -0.25) is 0 Å². The second-order valence-corrected chi connectivity index (χ2v) is 2.22. The average Bonchev–Trinajstić information content (AvgIpc) is 1.53. The molecule has 0 unspecified atom stereocenters. The number of carboxylic acid groups (broad SMARTS) is 2. The first-order valence-corrected chi connectivity index (χ1v) is 3.22. The first-order chi connectivity index (χ1) is 4.83. The largest absolute Gasteiger partial charge is 1.00 e. The van der Waals surface area contributed by atoms with E-state index in [1.807, 2.05) is 0 Å². The molecule has 0 N–H and O–H groups in total. The molecule has 0 amide bonds. The zero-order valence-electron chi connectivity index (χ0n) is 6.67. The van der Waals surface area contributed by atoms with Crippen molar-refractivity contribution in [2.45, 2.75) is 0 Å². The van der Waals surface area contributed by atoms with Crippen LogP contribution in [0.25, 0.3) is 0 Å². The Bertz CT molecular complexity index is 246. The number of carbonyl (C=O) groups excluding carboxylic acids is 2. The van der Waals surface area contributed by atoms with Gasteiger partial charge in [0.1, 0.15) is 0 Å². The van der Waals surface area contributed by atoms with Crippen molar-refractivity contribution in [3.05, 3.63) is 0 Å². The van der Waals surface area contributed by atoms with E-state index >= 15 is 0 Å². The van der Waals surface area contributed by atoms with Crippen LogP contribution in [-0.2, 0) is 18.8 Å². The molecule has 11 heteroatoms. The number of rotatable bonds is 2. The van der Waals surface area contributed by atoms with Gasteiger partial charge in [-0.05, 0) is 0 Å². The maximum Gasteiger partial charge on any atom is 1.00 e. The zero-order valence-corrected chi connectivity index (χ0v) is 13.7. The van der Waals surface area contributed by atoms with Crippen LogP contribution in [0.2, 0.25) is 0 Å². The molecule has 8 nitrogen and oxygen atoms in total. The number of hydrogen-bond acceptors (Lipinski definition) is 8. The van der Waals surface area contributed by atoms with E-state index in [1.54, 1.807) is 0 Å². The van der Waals surface area contributed by atoms with Crippen molar-refractivity contribution < 1.29 is 139 Å². The molecule has 0 fully saturated rings. The van der Waals surface area contributed by atoms with Crippen LogP contribution in [-0.4, -0.2) is 20.7 Å². The van der Waals surface area contributed by atoms with Gasteiger partial charge in [-0.1, -0.05) is 0 Å². The zero-order chi connectivity index (χ0) is 9.07. The Balaban J connectivity index is -0.000000500. The van der Waals surface area contributed by atoms with Gasteiger partial charge in [0.25, 0.3) is 12.3 Å². The van der Waals surface area contributed by atoms with Gasteiger partial charge in [-0.2, -0.15) is 8.42 Å². The van der Waals surface area contributed by atoms with Crippen LogP contribution < -0.4 is 113 Å². The fourth-order valence-electron chi connectivity index (χ4n) is 0.184. The van der Waals surface area contributed by atoms with Crippen LogP contribution in [0.5, 0.6) is 0 Å². The molecule has 64 valence electrons. The second kappa shape index (κ2) is 9.02. The summed E-state index contributed by atoms with van der Waals surface area (Å²) in [6, 6.07) is 0. The molecule has 0 aliphatic carbocycles. The van der Waals surface area contributed by atoms with E-state index in [9.17, 15) is 28.2 Å². The summed E-state index contributed by atoms with van der Waals surface area (Å²) in [6.07, 6.45) is -4.91. The Hall–Kier alpha value is 1.76. The van der Waals surface area contributed by atoms with Gasteiger partial charge < -0.3 is 28.2 Å². The molecule has 0 rings (SSSR count). The van der Waals surface area contributed by atoms with Crippen LogP contribution in [0.4, 0.5) is 9.59 Å². The van der Waals surface area contributed by atoms with E-state index in [0.717, 1.165) is 0 Å². The van der Waals surface area contributed by atoms with Crippen molar-refractivity contribution in [2.24, 2.45) is 0 Å². The summed E-state index contributed by atoms with van der Waals surface area (Å²) < 4.78 is 25.7. The molecule has 0 saturated heterocycles. The van der Waals surface area contributed by atoms with Crippen LogP contribution in [0.3, 0.4) is 0 Å². The Labute approximate surface area is 158 Å². The smallest absolute Gasteiger partial charge is 0.425 e. The Morgan fingerprint density at radius 3 is 1.31 bits per heavy atom. The first-order valence-electron chi connectivity index (χ1n) is 1.89. The third-order valence-electron chi connectivity index (χ3n) is 0.340. The molecule has 0 bridgehead atoms. The fourth-order valence-corrected chi connectivity index (χ4v) is 0.551. The van der Waals surface area contributed by atoms with E-state index in [4.69, 9.17) is 0 Å². The maximum atomic E-state index is 9.97. The molecule has 0 atom stereocenters. The van der Waals surface area contributed by atoms with Crippen LogP contribution in [0, 0.1) is 0 Å². The summed E-state index contributed by atoms with van der Waals surface area (Å²) >= 11 is 0. The normalized spacial score (nSPS) is 8.62. The molecule has 0 aromatic carbocycles. The van der Waals surface area contributed by atoms with Crippen molar-refractivity contribution in [1.29, 1.82) is 0 Å². The van der Waals surface area contributed by atoms with Gasteiger partial charge in [0, 0.05) is 0 Å². The minimum Gasteiger partial charge on any atom is -0.425 e. The Kier molecular flexibility index (Phi) is 14.0. The molecule has 0 aromatic heterocycles. The van der Waals surface area contributed by atoms with Gasteiger partial charge in [0.2, 0.25) is 0 Å². The van der Waals surface area contributed by atoms with Crippen LogP contribution >= 0.6 is 0 Å². The summed E-state index contributed by atoms with van der Waals surface area (Å²) in [7, 11) is -5.10. The fraction of sp³-hybridized carbons (Fsp3) is 0. The summed E-state index contributed by atoms with van der Waals surface area (Å²) in [5.74, 6) is 0. The molecule has 0 aliphatic heterocycles. The molecular formula is C2K2O8S. The number of hydrogen-bond donors (Lipinski definition) is 0. The summed E-state index contributed by atoms with van der Waals surface area (Å²) in [4.78, 5) is 18.8. The monoisotopic (exact) mass is 262 g/mol. The molecule has 0 spiro atoms. The van der Waals surface area contributed by atoms with Gasteiger partial charge in [0.15, 0.2) is 0 Å². The van der Waals surface area contributed by atoms with Crippen molar-refractivity contribution >= 4 is 22.7 Å². The maximum absolute atomic E-state index is 9.97. The third-order valence-corrected chi connectivity index (χ3v) is 1.02. The second-order valence-electron chi connectivity index (χ2n) is 1.07. The van der Waals surface area contributed by atoms with Gasteiger partial charge in [-0.15, -0.1) is 0 Å². The Morgan fingerprint density at radius 1 is 0.923 bits per heavy atom. The van der Waals surface area contributed by atoms with Crippen LogP contribution in [0.1, 0.15) is 0 Å². The quantitative estimate of drug-likeness (QED) is 0.448. The van der Waals surface area contributed by atoms with E-state index in [2.05, 4.69) is 8.37 Å². The molecule has 0 saturated carbocycles. The number of carbonyl (C=O) groups is 2. The molecular weight excluding hydrogens is 262 g/mol. The SMILES string of the molecule is O=C([O-])OS(=O)(=O)OC(=O)[O-].[K+].[K+]. The topological polar surface area (TPSA) is 133 Å². The van der Waals surface area contributed by atoms with Crippen LogP contribution in [0.15, 0.2) is 0 Å². The summed E-state index contributed by atoms with van der Waals surface area (Å²) in [5.41, 5.74) is 0. The standard InChI is InChI=1S/C2H2O8S.2K/c3-1(4)9-11(7,8)10-2(5)6;;/h(H,3,4)(H,5,6);;/q;2*+1/p-2. The van der Waals surface area contributed by atoms with Crippen molar-refractivity contribution in [3.8, 4) is 0 Å². The third kappa shape index (κ3) is 13.8.